The summed E-state index contributed by atoms with van der Waals surface area (Å²) < 4.78 is 18.1. The number of hydrogen-bond acceptors (Lipinski definition) is 3. The van der Waals surface area contributed by atoms with Crippen molar-refractivity contribution in [3.8, 4) is 0 Å². The lowest BCUT2D eigenvalue weighted by atomic mass is 9.62. The van der Waals surface area contributed by atoms with E-state index in [4.69, 9.17) is 14.2 Å². The molecular weight excluding hydrogens is 252 g/mol. The molecule has 1 saturated carbocycles. The van der Waals surface area contributed by atoms with Crippen LogP contribution in [0.15, 0.2) is 30.3 Å². The van der Waals surface area contributed by atoms with Gasteiger partial charge in [-0.25, -0.2) is 0 Å². The predicted octanol–water partition coefficient (Wildman–Crippen LogP) is 3.87. The van der Waals surface area contributed by atoms with E-state index < -0.39 is 5.97 Å². The minimum absolute atomic E-state index is 0.184. The van der Waals surface area contributed by atoms with Crippen molar-refractivity contribution in [2.45, 2.75) is 51.4 Å². The van der Waals surface area contributed by atoms with Crippen molar-refractivity contribution in [3.63, 3.8) is 0 Å². The zero-order valence-electron chi connectivity index (χ0n) is 12.9. The van der Waals surface area contributed by atoms with Crippen LogP contribution in [0.4, 0.5) is 0 Å². The monoisotopic (exact) mass is 278 g/mol. The average Bonchev–Trinajstić information content (AvgIpc) is 2.39. The Morgan fingerprint density at radius 1 is 0.900 bits per heavy atom. The maximum Gasteiger partial charge on any atom is 0.293 e. The topological polar surface area (TPSA) is 27.7 Å². The lowest BCUT2D eigenvalue weighted by Crippen LogP contribution is -2.61. The van der Waals surface area contributed by atoms with Crippen LogP contribution >= 0.6 is 0 Å². The molecule has 0 aromatic heterocycles. The van der Waals surface area contributed by atoms with Gasteiger partial charge in [0.1, 0.15) is 0 Å². The first-order valence-corrected chi connectivity index (χ1v) is 7.72. The van der Waals surface area contributed by atoms with Crippen molar-refractivity contribution in [3.05, 3.63) is 35.9 Å². The van der Waals surface area contributed by atoms with Crippen molar-refractivity contribution in [2.75, 3.05) is 19.8 Å². The van der Waals surface area contributed by atoms with Gasteiger partial charge in [-0.3, -0.25) is 0 Å². The van der Waals surface area contributed by atoms with Crippen LogP contribution in [0.3, 0.4) is 0 Å². The number of benzene rings is 1. The lowest BCUT2D eigenvalue weighted by Gasteiger charge is -2.53. The van der Waals surface area contributed by atoms with Crippen LogP contribution in [-0.4, -0.2) is 25.8 Å². The Kier molecular flexibility index (Phi) is 5.19. The molecule has 3 heteroatoms. The molecule has 2 rings (SSSR count). The molecule has 0 amide bonds. The van der Waals surface area contributed by atoms with Crippen molar-refractivity contribution >= 4 is 0 Å². The van der Waals surface area contributed by atoms with Crippen LogP contribution in [0.1, 0.15) is 45.6 Å². The Labute approximate surface area is 122 Å². The Bertz CT molecular complexity index is 381. The first-order chi connectivity index (χ1) is 9.74. The molecule has 0 unspecified atom stereocenters. The molecule has 20 heavy (non-hydrogen) atoms. The van der Waals surface area contributed by atoms with Gasteiger partial charge in [-0.05, 0) is 39.2 Å². The number of rotatable bonds is 8. The van der Waals surface area contributed by atoms with Gasteiger partial charge in [0.15, 0.2) is 0 Å². The standard InChI is InChI=1S/C17H26O3/c1-4-18-17(19-5-2,20-6-3)16(13-10-14-16)15-11-8-7-9-12-15/h7-9,11-12H,4-6,10,13-14H2,1-3H3. The third kappa shape index (κ3) is 2.50. The largest absolute Gasteiger partial charge is 0.327 e. The Morgan fingerprint density at radius 3 is 1.75 bits per heavy atom. The molecule has 0 radical (unpaired) electrons. The zero-order valence-corrected chi connectivity index (χ0v) is 12.9. The van der Waals surface area contributed by atoms with E-state index in [1.807, 2.05) is 26.8 Å². The predicted molar refractivity (Wildman–Crippen MR) is 79.6 cm³/mol. The minimum atomic E-state index is -0.954. The van der Waals surface area contributed by atoms with E-state index in [9.17, 15) is 0 Å². The van der Waals surface area contributed by atoms with Gasteiger partial charge < -0.3 is 14.2 Å². The Balaban J connectivity index is 2.42. The molecule has 1 aliphatic carbocycles. The minimum Gasteiger partial charge on any atom is -0.327 e. The molecule has 1 aliphatic rings. The van der Waals surface area contributed by atoms with E-state index in [2.05, 4.69) is 24.3 Å². The summed E-state index contributed by atoms with van der Waals surface area (Å²) >= 11 is 0. The summed E-state index contributed by atoms with van der Waals surface area (Å²) in [4.78, 5) is 0. The van der Waals surface area contributed by atoms with Crippen LogP contribution in [0.25, 0.3) is 0 Å². The summed E-state index contributed by atoms with van der Waals surface area (Å²) in [5.41, 5.74) is 1.07. The Hall–Kier alpha value is -0.900. The molecule has 0 bridgehead atoms. The summed E-state index contributed by atoms with van der Waals surface area (Å²) in [6, 6.07) is 10.5. The average molecular weight is 278 g/mol. The first-order valence-electron chi connectivity index (χ1n) is 7.72. The maximum atomic E-state index is 6.03. The van der Waals surface area contributed by atoms with Crippen LogP contribution in [0.5, 0.6) is 0 Å². The van der Waals surface area contributed by atoms with Crippen molar-refractivity contribution in [1.29, 1.82) is 0 Å². The van der Waals surface area contributed by atoms with Gasteiger partial charge in [0.2, 0.25) is 0 Å². The molecule has 0 heterocycles. The van der Waals surface area contributed by atoms with Gasteiger partial charge in [-0.2, -0.15) is 0 Å². The SMILES string of the molecule is CCOC(OCC)(OCC)C1(c2ccccc2)CCC1. The summed E-state index contributed by atoms with van der Waals surface area (Å²) in [5.74, 6) is -0.954. The van der Waals surface area contributed by atoms with E-state index in [0.29, 0.717) is 19.8 Å². The fraction of sp³-hybridized carbons (Fsp3) is 0.647. The van der Waals surface area contributed by atoms with Gasteiger partial charge in [-0.15, -0.1) is 0 Å². The maximum absolute atomic E-state index is 6.03. The molecule has 0 saturated heterocycles. The summed E-state index contributed by atoms with van der Waals surface area (Å²) in [6.45, 7) is 7.70. The van der Waals surface area contributed by atoms with E-state index in [1.54, 1.807) is 0 Å². The highest BCUT2D eigenvalue weighted by Gasteiger charge is 2.59. The molecule has 112 valence electrons. The number of hydrogen-bond donors (Lipinski definition) is 0. The second-order valence-corrected chi connectivity index (χ2v) is 5.16. The molecule has 0 spiro atoms. The van der Waals surface area contributed by atoms with Gasteiger partial charge in [0, 0.05) is 19.8 Å². The lowest BCUT2D eigenvalue weighted by molar-refractivity contribution is -0.419. The number of ether oxygens (including phenoxy) is 3. The summed E-state index contributed by atoms with van der Waals surface area (Å²) in [7, 11) is 0. The normalized spacial score (nSPS) is 17.8. The van der Waals surface area contributed by atoms with Crippen LogP contribution in [-0.2, 0) is 19.6 Å². The highest BCUT2D eigenvalue weighted by atomic mass is 16.9. The molecule has 0 atom stereocenters. The molecule has 0 aliphatic heterocycles. The van der Waals surface area contributed by atoms with E-state index in [-0.39, 0.29) is 5.41 Å². The van der Waals surface area contributed by atoms with E-state index in [1.165, 1.54) is 12.0 Å². The van der Waals surface area contributed by atoms with Crippen LogP contribution in [0.2, 0.25) is 0 Å². The van der Waals surface area contributed by atoms with Gasteiger partial charge in [0.05, 0.1) is 5.41 Å². The third-order valence-electron chi connectivity index (χ3n) is 4.12. The molecule has 1 aromatic carbocycles. The quantitative estimate of drug-likeness (QED) is 0.676. The molecule has 1 aromatic rings. The molecule has 0 N–H and O–H groups in total. The van der Waals surface area contributed by atoms with Crippen molar-refractivity contribution in [2.24, 2.45) is 0 Å². The highest BCUT2D eigenvalue weighted by Crippen LogP contribution is 2.53. The first kappa shape index (κ1) is 15.5. The highest BCUT2D eigenvalue weighted by molar-refractivity contribution is 5.30. The molecule has 3 nitrogen and oxygen atoms in total. The fourth-order valence-electron chi connectivity index (χ4n) is 3.17. The summed E-state index contributed by atoms with van der Waals surface area (Å²) in [6.07, 6.45) is 3.26. The van der Waals surface area contributed by atoms with E-state index >= 15 is 0 Å². The smallest absolute Gasteiger partial charge is 0.293 e. The van der Waals surface area contributed by atoms with Crippen molar-refractivity contribution < 1.29 is 14.2 Å². The van der Waals surface area contributed by atoms with Gasteiger partial charge >= 0.3 is 0 Å². The van der Waals surface area contributed by atoms with Crippen LogP contribution < -0.4 is 0 Å². The Morgan fingerprint density at radius 2 is 1.40 bits per heavy atom. The second kappa shape index (κ2) is 6.70. The van der Waals surface area contributed by atoms with E-state index in [0.717, 1.165) is 12.8 Å². The summed E-state index contributed by atoms with van der Waals surface area (Å²) in [5, 5.41) is 0. The molecular formula is C17H26O3. The third-order valence-corrected chi connectivity index (χ3v) is 4.12. The zero-order chi connectivity index (χ0) is 14.5. The second-order valence-electron chi connectivity index (χ2n) is 5.16. The van der Waals surface area contributed by atoms with Gasteiger partial charge in [0.25, 0.3) is 5.97 Å². The van der Waals surface area contributed by atoms with Gasteiger partial charge in [-0.1, -0.05) is 36.8 Å². The van der Waals surface area contributed by atoms with Crippen LogP contribution in [0, 0.1) is 0 Å². The van der Waals surface area contributed by atoms with Crippen molar-refractivity contribution in [1.82, 2.24) is 0 Å². The molecule has 1 fully saturated rings. The fourth-order valence-corrected chi connectivity index (χ4v) is 3.17.